The summed E-state index contributed by atoms with van der Waals surface area (Å²) in [6.45, 7) is 9.16. The Labute approximate surface area is 151 Å². The number of hydrogen-bond acceptors (Lipinski definition) is 0. The van der Waals surface area contributed by atoms with E-state index >= 15 is 0 Å². The van der Waals surface area contributed by atoms with E-state index in [1.807, 2.05) is 0 Å². The van der Waals surface area contributed by atoms with Crippen molar-refractivity contribution in [3.63, 3.8) is 0 Å². The molecule has 0 radical (unpaired) electrons. The topological polar surface area (TPSA) is 8.81 Å². The first kappa shape index (κ1) is 21.3. The van der Waals surface area contributed by atoms with Crippen LogP contribution in [0.5, 0.6) is 0 Å². The Bertz CT molecular complexity index is 395. The molecule has 1 rings (SSSR count). The zero-order chi connectivity index (χ0) is 17.5. The predicted molar refractivity (Wildman–Crippen MR) is 105 cm³/mol. The highest BCUT2D eigenvalue weighted by atomic mass is 15.1. The van der Waals surface area contributed by atoms with Crippen molar-refractivity contribution in [2.24, 2.45) is 0 Å². The number of aromatic nitrogens is 2. The summed E-state index contributed by atoms with van der Waals surface area (Å²) >= 11 is 0. The number of rotatable bonds is 16. The van der Waals surface area contributed by atoms with Crippen molar-refractivity contribution in [1.29, 1.82) is 0 Å². The van der Waals surface area contributed by atoms with Crippen LogP contribution in [0.2, 0.25) is 0 Å². The molecule has 2 nitrogen and oxygen atoms in total. The van der Waals surface area contributed by atoms with E-state index in [4.69, 9.17) is 0 Å². The zero-order valence-corrected chi connectivity index (χ0v) is 16.9. The second-order valence-corrected chi connectivity index (χ2v) is 7.33. The summed E-state index contributed by atoms with van der Waals surface area (Å²) in [5.41, 5.74) is 0. The van der Waals surface area contributed by atoms with Gasteiger partial charge < -0.3 is 0 Å². The molecule has 24 heavy (non-hydrogen) atoms. The van der Waals surface area contributed by atoms with E-state index in [0.29, 0.717) is 0 Å². The number of unbranched alkanes of at least 4 members (excludes halogenated alkanes) is 11. The third kappa shape index (κ3) is 8.89. The molecular formula is C22H43N2+. The van der Waals surface area contributed by atoms with Gasteiger partial charge in [0.2, 0.25) is 0 Å². The summed E-state index contributed by atoms with van der Waals surface area (Å²) in [7, 11) is 0. The average molecular weight is 336 g/mol. The molecule has 0 unspecified atom stereocenters. The Morgan fingerprint density at radius 2 is 1.25 bits per heavy atom. The van der Waals surface area contributed by atoms with Crippen LogP contribution >= 0.6 is 0 Å². The SMILES string of the molecule is CCCCCCCCCCCc1n(CCCCCC)cc[n+]1CC. The Hall–Kier alpha value is -0.790. The van der Waals surface area contributed by atoms with Crippen molar-refractivity contribution in [2.75, 3.05) is 0 Å². The molecule has 0 aliphatic heterocycles. The first-order valence-corrected chi connectivity index (χ1v) is 10.9. The van der Waals surface area contributed by atoms with Gasteiger partial charge in [-0.1, -0.05) is 78.1 Å². The maximum absolute atomic E-state index is 2.52. The molecule has 0 aromatic carbocycles. The van der Waals surface area contributed by atoms with Gasteiger partial charge in [0.1, 0.15) is 12.4 Å². The summed E-state index contributed by atoms with van der Waals surface area (Å²) in [6.07, 6.45) is 24.0. The van der Waals surface area contributed by atoms with Crippen LogP contribution in [0.25, 0.3) is 0 Å². The van der Waals surface area contributed by atoms with Crippen molar-refractivity contribution in [3.8, 4) is 0 Å². The lowest BCUT2D eigenvalue weighted by Gasteiger charge is -2.05. The third-order valence-electron chi connectivity index (χ3n) is 5.19. The molecular weight excluding hydrogens is 292 g/mol. The molecule has 0 saturated heterocycles. The molecule has 0 spiro atoms. The maximum atomic E-state index is 2.52. The zero-order valence-electron chi connectivity index (χ0n) is 16.9. The van der Waals surface area contributed by atoms with Gasteiger partial charge in [-0.3, -0.25) is 0 Å². The molecule has 1 aromatic heterocycles. The van der Waals surface area contributed by atoms with E-state index in [1.54, 1.807) is 5.82 Å². The minimum absolute atomic E-state index is 1.11. The lowest BCUT2D eigenvalue weighted by molar-refractivity contribution is -0.700. The van der Waals surface area contributed by atoms with E-state index in [9.17, 15) is 0 Å². The van der Waals surface area contributed by atoms with Gasteiger partial charge in [-0.25, -0.2) is 9.13 Å². The van der Waals surface area contributed by atoms with E-state index in [-0.39, 0.29) is 0 Å². The lowest BCUT2D eigenvalue weighted by Crippen LogP contribution is -2.36. The minimum Gasteiger partial charge on any atom is -0.235 e. The van der Waals surface area contributed by atoms with Crippen LogP contribution in [-0.4, -0.2) is 4.57 Å². The number of hydrogen-bond donors (Lipinski definition) is 0. The van der Waals surface area contributed by atoms with Gasteiger partial charge in [0.05, 0.1) is 13.1 Å². The quantitative estimate of drug-likeness (QED) is 0.242. The van der Waals surface area contributed by atoms with E-state index in [1.165, 1.54) is 96.4 Å². The van der Waals surface area contributed by atoms with Crippen molar-refractivity contribution >= 4 is 0 Å². The first-order chi connectivity index (χ1) is 11.8. The molecule has 0 bridgehead atoms. The molecule has 0 aliphatic rings. The fourth-order valence-electron chi connectivity index (χ4n) is 3.58. The van der Waals surface area contributed by atoms with E-state index in [0.717, 1.165) is 6.54 Å². The van der Waals surface area contributed by atoms with Gasteiger partial charge in [0.15, 0.2) is 0 Å². The summed E-state index contributed by atoms with van der Waals surface area (Å²) in [4.78, 5) is 0. The van der Waals surface area contributed by atoms with Crippen molar-refractivity contribution in [1.82, 2.24) is 4.57 Å². The molecule has 0 amide bonds. The molecule has 0 fully saturated rings. The monoisotopic (exact) mass is 335 g/mol. The minimum atomic E-state index is 1.11. The predicted octanol–water partition coefficient (Wildman–Crippen LogP) is 6.45. The molecule has 2 heteroatoms. The molecule has 1 aromatic rings. The van der Waals surface area contributed by atoms with Crippen LogP contribution in [0, 0.1) is 0 Å². The lowest BCUT2D eigenvalue weighted by atomic mass is 10.1. The molecule has 0 N–H and O–H groups in total. The molecule has 0 saturated carbocycles. The highest BCUT2D eigenvalue weighted by Gasteiger charge is 2.15. The summed E-state index contributed by atoms with van der Waals surface area (Å²) in [5.74, 6) is 1.55. The Balaban J connectivity index is 2.21. The maximum Gasteiger partial charge on any atom is 0.256 e. The van der Waals surface area contributed by atoms with Gasteiger partial charge in [-0.2, -0.15) is 0 Å². The molecule has 0 aliphatic carbocycles. The fourth-order valence-corrected chi connectivity index (χ4v) is 3.58. The van der Waals surface area contributed by atoms with Crippen LogP contribution in [0.3, 0.4) is 0 Å². The number of imidazole rings is 1. The molecule has 1 heterocycles. The average Bonchev–Trinajstić information content (AvgIpc) is 2.99. The van der Waals surface area contributed by atoms with Crippen LogP contribution in [0.1, 0.15) is 110 Å². The Morgan fingerprint density at radius 3 is 1.83 bits per heavy atom. The molecule has 140 valence electrons. The standard InChI is InChI=1S/C22H43N2/c1-4-7-9-11-12-13-14-15-16-18-22-23(6-3)20-21-24(22)19-17-10-8-5-2/h20-21H,4-19H2,1-3H3/q+1. The fraction of sp³-hybridized carbons (Fsp3) is 0.864. The van der Waals surface area contributed by atoms with Crippen molar-refractivity contribution < 1.29 is 4.57 Å². The number of aryl methyl sites for hydroxylation is 2. The van der Waals surface area contributed by atoms with Crippen molar-refractivity contribution in [3.05, 3.63) is 18.2 Å². The molecule has 0 atom stereocenters. The second-order valence-electron chi connectivity index (χ2n) is 7.33. The highest BCUT2D eigenvalue weighted by molar-refractivity contribution is 4.84. The van der Waals surface area contributed by atoms with Gasteiger partial charge in [0.25, 0.3) is 5.82 Å². The van der Waals surface area contributed by atoms with Crippen molar-refractivity contribution in [2.45, 2.75) is 124 Å². The first-order valence-electron chi connectivity index (χ1n) is 10.9. The Kier molecular flexibility index (Phi) is 12.9. The number of nitrogens with zero attached hydrogens (tertiary/aromatic N) is 2. The van der Waals surface area contributed by atoms with Crippen LogP contribution < -0.4 is 4.57 Å². The largest absolute Gasteiger partial charge is 0.256 e. The smallest absolute Gasteiger partial charge is 0.235 e. The van der Waals surface area contributed by atoms with Crippen LogP contribution in [0.15, 0.2) is 12.4 Å². The van der Waals surface area contributed by atoms with Gasteiger partial charge in [-0.05, 0) is 26.2 Å². The van der Waals surface area contributed by atoms with E-state index < -0.39 is 0 Å². The third-order valence-corrected chi connectivity index (χ3v) is 5.19. The van der Waals surface area contributed by atoms with E-state index in [2.05, 4.69) is 42.3 Å². The normalized spacial score (nSPS) is 11.3. The van der Waals surface area contributed by atoms with Gasteiger partial charge in [-0.15, -0.1) is 0 Å². The Morgan fingerprint density at radius 1 is 0.708 bits per heavy atom. The summed E-state index contributed by atoms with van der Waals surface area (Å²) < 4.78 is 4.97. The summed E-state index contributed by atoms with van der Waals surface area (Å²) in [6, 6.07) is 0. The summed E-state index contributed by atoms with van der Waals surface area (Å²) in [5, 5.41) is 0. The van der Waals surface area contributed by atoms with Crippen LogP contribution in [0.4, 0.5) is 0 Å². The second kappa shape index (κ2) is 14.5. The van der Waals surface area contributed by atoms with Gasteiger partial charge >= 0.3 is 0 Å². The highest BCUT2D eigenvalue weighted by Crippen LogP contribution is 2.12. The van der Waals surface area contributed by atoms with Crippen LogP contribution in [-0.2, 0) is 19.5 Å². The van der Waals surface area contributed by atoms with Gasteiger partial charge in [0, 0.05) is 6.42 Å².